The Morgan fingerprint density at radius 1 is 1.18 bits per heavy atom. The molecule has 0 aliphatic carbocycles. The summed E-state index contributed by atoms with van der Waals surface area (Å²) in [5, 5.41) is 7.27. The molecular formula is C22H33N5O. The molecule has 1 N–H and O–H groups in total. The number of amides is 1. The van der Waals surface area contributed by atoms with Crippen molar-refractivity contribution in [3.8, 4) is 0 Å². The highest BCUT2D eigenvalue weighted by molar-refractivity contribution is 5.78. The first-order valence-corrected chi connectivity index (χ1v) is 10.2. The number of likely N-dealkylation sites (N-methyl/N-ethyl adjacent to an activating group) is 1. The van der Waals surface area contributed by atoms with Crippen LogP contribution in [0.1, 0.15) is 28.9 Å². The van der Waals surface area contributed by atoms with E-state index in [9.17, 15) is 4.79 Å². The van der Waals surface area contributed by atoms with E-state index < -0.39 is 0 Å². The van der Waals surface area contributed by atoms with E-state index in [4.69, 9.17) is 0 Å². The molecule has 6 nitrogen and oxygen atoms in total. The molecule has 3 rings (SSSR count). The van der Waals surface area contributed by atoms with Gasteiger partial charge >= 0.3 is 0 Å². The van der Waals surface area contributed by atoms with Gasteiger partial charge in [0.2, 0.25) is 5.91 Å². The summed E-state index contributed by atoms with van der Waals surface area (Å²) < 4.78 is 0. The molecule has 1 aliphatic heterocycles. The highest BCUT2D eigenvalue weighted by Crippen LogP contribution is 2.18. The Morgan fingerprint density at radius 2 is 1.93 bits per heavy atom. The van der Waals surface area contributed by atoms with Gasteiger partial charge in [-0.1, -0.05) is 12.1 Å². The van der Waals surface area contributed by atoms with Crippen molar-refractivity contribution in [3.63, 3.8) is 0 Å². The second-order valence-corrected chi connectivity index (χ2v) is 7.93. The summed E-state index contributed by atoms with van der Waals surface area (Å²) in [6.45, 7) is 11.3. The molecule has 0 spiro atoms. The number of aryl methyl sites for hydroxylation is 3. The molecule has 0 bridgehead atoms. The van der Waals surface area contributed by atoms with Gasteiger partial charge in [-0.3, -0.25) is 14.8 Å². The van der Waals surface area contributed by atoms with Crippen LogP contribution in [0.4, 0.5) is 5.69 Å². The SMILES string of the molecule is Cc1cccc(N2CCN(CC(=O)N(C)CCCc3c(C)n[nH]c3C)CC2)c1. The fourth-order valence-corrected chi connectivity index (χ4v) is 3.86. The first-order chi connectivity index (χ1) is 13.4. The molecule has 1 aromatic carbocycles. The van der Waals surface area contributed by atoms with Crippen LogP contribution in [0, 0.1) is 20.8 Å². The van der Waals surface area contributed by atoms with Crippen LogP contribution in [0.15, 0.2) is 24.3 Å². The van der Waals surface area contributed by atoms with Crippen LogP contribution in [0.3, 0.4) is 0 Å². The number of hydrogen-bond donors (Lipinski definition) is 1. The Hall–Kier alpha value is -2.34. The largest absolute Gasteiger partial charge is 0.369 e. The molecule has 1 fully saturated rings. The number of aromatic amines is 1. The fraction of sp³-hybridized carbons (Fsp3) is 0.545. The molecule has 6 heteroatoms. The molecular weight excluding hydrogens is 350 g/mol. The van der Waals surface area contributed by atoms with Crippen molar-refractivity contribution in [1.82, 2.24) is 20.0 Å². The first-order valence-electron chi connectivity index (χ1n) is 10.2. The van der Waals surface area contributed by atoms with Crippen molar-refractivity contribution in [2.75, 3.05) is 51.2 Å². The van der Waals surface area contributed by atoms with Crippen LogP contribution >= 0.6 is 0 Å². The van der Waals surface area contributed by atoms with Crippen molar-refractivity contribution in [3.05, 3.63) is 46.8 Å². The lowest BCUT2D eigenvalue weighted by Gasteiger charge is -2.36. The smallest absolute Gasteiger partial charge is 0.236 e. The van der Waals surface area contributed by atoms with Gasteiger partial charge in [0.1, 0.15) is 0 Å². The van der Waals surface area contributed by atoms with E-state index in [1.807, 2.05) is 18.9 Å². The number of H-pyrrole nitrogens is 1. The molecule has 1 aliphatic rings. The fourth-order valence-electron chi connectivity index (χ4n) is 3.86. The number of hydrogen-bond acceptors (Lipinski definition) is 4. The molecule has 0 radical (unpaired) electrons. The van der Waals surface area contributed by atoms with Gasteiger partial charge in [-0.25, -0.2) is 0 Å². The molecule has 0 saturated carbocycles. The second kappa shape index (κ2) is 9.24. The second-order valence-electron chi connectivity index (χ2n) is 7.93. The molecule has 2 aromatic rings. The number of carbonyl (C=O) groups excluding carboxylic acids is 1. The lowest BCUT2D eigenvalue weighted by Crippen LogP contribution is -2.49. The van der Waals surface area contributed by atoms with Crippen LogP contribution in [-0.4, -0.2) is 72.2 Å². The minimum atomic E-state index is 0.213. The molecule has 0 unspecified atom stereocenters. The zero-order chi connectivity index (χ0) is 20.1. The van der Waals surface area contributed by atoms with Crippen molar-refractivity contribution in [1.29, 1.82) is 0 Å². The number of carbonyl (C=O) groups is 1. The average Bonchev–Trinajstić information content (AvgIpc) is 3.00. The van der Waals surface area contributed by atoms with Crippen molar-refractivity contribution < 1.29 is 4.79 Å². The first kappa shape index (κ1) is 20.4. The summed E-state index contributed by atoms with van der Waals surface area (Å²) >= 11 is 0. The van der Waals surface area contributed by atoms with Gasteiger partial charge in [-0.2, -0.15) is 5.10 Å². The predicted octanol–water partition coefficient (Wildman–Crippen LogP) is 2.55. The maximum Gasteiger partial charge on any atom is 0.236 e. The Balaban J connectivity index is 1.40. The maximum absolute atomic E-state index is 12.6. The Morgan fingerprint density at radius 3 is 2.57 bits per heavy atom. The van der Waals surface area contributed by atoms with Gasteiger partial charge in [0.05, 0.1) is 12.2 Å². The molecule has 1 amide bonds. The lowest BCUT2D eigenvalue weighted by atomic mass is 10.1. The number of piperazine rings is 1. The minimum Gasteiger partial charge on any atom is -0.369 e. The van der Waals surface area contributed by atoms with Crippen molar-refractivity contribution >= 4 is 11.6 Å². The number of nitrogens with zero attached hydrogens (tertiary/aromatic N) is 4. The average molecular weight is 384 g/mol. The number of benzene rings is 1. The summed E-state index contributed by atoms with van der Waals surface area (Å²) in [5.41, 5.74) is 6.06. The monoisotopic (exact) mass is 383 g/mol. The topological polar surface area (TPSA) is 55.5 Å². The molecule has 2 heterocycles. The highest BCUT2D eigenvalue weighted by Gasteiger charge is 2.20. The minimum absolute atomic E-state index is 0.213. The summed E-state index contributed by atoms with van der Waals surface area (Å²) in [6.07, 6.45) is 1.92. The standard InChI is InChI=1S/C22H33N5O/c1-17-7-5-8-20(15-17)27-13-11-26(12-14-27)16-22(28)25(4)10-6-9-21-18(2)23-24-19(21)3/h5,7-8,15H,6,9-14,16H2,1-4H3,(H,23,24). The molecule has 0 atom stereocenters. The van der Waals surface area contributed by atoms with Crippen LogP contribution in [0.2, 0.25) is 0 Å². The van der Waals surface area contributed by atoms with E-state index >= 15 is 0 Å². The van der Waals surface area contributed by atoms with Crippen molar-refractivity contribution in [2.24, 2.45) is 0 Å². The van der Waals surface area contributed by atoms with Gasteiger partial charge in [0.25, 0.3) is 0 Å². The van der Waals surface area contributed by atoms with Gasteiger partial charge in [-0.15, -0.1) is 0 Å². The third-order valence-electron chi connectivity index (χ3n) is 5.72. The molecule has 1 aromatic heterocycles. The zero-order valence-corrected chi connectivity index (χ0v) is 17.7. The lowest BCUT2D eigenvalue weighted by molar-refractivity contribution is -0.131. The van der Waals surface area contributed by atoms with Crippen LogP contribution in [-0.2, 0) is 11.2 Å². The van der Waals surface area contributed by atoms with E-state index in [0.29, 0.717) is 6.54 Å². The Labute approximate surface area is 168 Å². The van der Waals surface area contributed by atoms with Crippen LogP contribution < -0.4 is 4.90 Å². The van der Waals surface area contributed by atoms with E-state index in [-0.39, 0.29) is 5.91 Å². The summed E-state index contributed by atoms with van der Waals surface area (Å²) in [4.78, 5) is 19.1. The molecule has 28 heavy (non-hydrogen) atoms. The number of aromatic nitrogens is 2. The van der Waals surface area contributed by atoms with Crippen LogP contribution in [0.5, 0.6) is 0 Å². The van der Waals surface area contributed by atoms with Crippen molar-refractivity contribution in [2.45, 2.75) is 33.6 Å². The van der Waals surface area contributed by atoms with E-state index in [1.54, 1.807) is 0 Å². The Kier molecular flexibility index (Phi) is 6.73. The Bertz CT molecular complexity index is 772. The number of rotatable bonds is 7. The molecule has 1 saturated heterocycles. The number of nitrogens with one attached hydrogen (secondary N) is 1. The van der Waals surface area contributed by atoms with E-state index in [0.717, 1.165) is 57.0 Å². The summed E-state index contributed by atoms with van der Waals surface area (Å²) in [5.74, 6) is 0.213. The molecule has 152 valence electrons. The summed E-state index contributed by atoms with van der Waals surface area (Å²) in [7, 11) is 1.92. The highest BCUT2D eigenvalue weighted by atomic mass is 16.2. The third-order valence-corrected chi connectivity index (χ3v) is 5.72. The number of anilines is 1. The quantitative estimate of drug-likeness (QED) is 0.798. The third kappa shape index (κ3) is 5.13. The van der Waals surface area contributed by atoms with Gasteiger partial charge in [-0.05, 0) is 56.9 Å². The van der Waals surface area contributed by atoms with E-state index in [2.05, 4.69) is 58.1 Å². The van der Waals surface area contributed by atoms with Gasteiger partial charge in [0, 0.05) is 51.2 Å². The zero-order valence-electron chi connectivity index (χ0n) is 17.7. The van der Waals surface area contributed by atoms with Crippen LogP contribution in [0.25, 0.3) is 0 Å². The maximum atomic E-state index is 12.6. The predicted molar refractivity (Wildman–Crippen MR) is 114 cm³/mol. The van der Waals surface area contributed by atoms with E-state index in [1.165, 1.54) is 16.8 Å². The van der Waals surface area contributed by atoms with Gasteiger partial charge < -0.3 is 9.80 Å². The summed E-state index contributed by atoms with van der Waals surface area (Å²) in [6, 6.07) is 8.65. The van der Waals surface area contributed by atoms with Gasteiger partial charge in [0.15, 0.2) is 0 Å². The normalized spacial score (nSPS) is 15.1.